The molecule has 0 N–H and O–H groups in total. The smallest absolute Gasteiger partial charge is 0.290 e. The molecule has 0 spiro atoms. The van der Waals surface area contributed by atoms with Crippen LogP contribution >= 0.6 is 0 Å². The summed E-state index contributed by atoms with van der Waals surface area (Å²) >= 11 is 0. The summed E-state index contributed by atoms with van der Waals surface area (Å²) in [6.07, 6.45) is 5.04. The molecule has 7 heteroatoms. The van der Waals surface area contributed by atoms with Gasteiger partial charge in [-0.3, -0.25) is 9.59 Å². The Balaban J connectivity index is 1.73. The van der Waals surface area contributed by atoms with Gasteiger partial charge in [-0.25, -0.2) is 0 Å². The number of hydrogen-bond donors (Lipinski definition) is 0. The molecule has 0 atom stereocenters. The highest BCUT2D eigenvalue weighted by Gasteiger charge is 2.23. The van der Waals surface area contributed by atoms with Crippen LogP contribution in [-0.4, -0.2) is 59.5 Å². The summed E-state index contributed by atoms with van der Waals surface area (Å²) in [5, 5.41) is 0. The molecule has 32 heavy (non-hydrogen) atoms. The SMILES string of the molecule is C=CCN(CC(=O)N(CCOC)Cc1cccn1Cc1ccccc1)C(=O)c1ccco1. The first-order valence-electron chi connectivity index (χ1n) is 10.5. The van der Waals surface area contributed by atoms with E-state index in [-0.39, 0.29) is 30.7 Å². The third kappa shape index (κ3) is 6.21. The van der Waals surface area contributed by atoms with E-state index in [1.165, 1.54) is 16.7 Å². The van der Waals surface area contributed by atoms with Crippen molar-refractivity contribution in [3.05, 3.63) is 96.7 Å². The molecular formula is C25H29N3O4. The minimum Gasteiger partial charge on any atom is -0.459 e. The van der Waals surface area contributed by atoms with E-state index in [1.54, 1.807) is 30.2 Å². The Labute approximate surface area is 188 Å². The van der Waals surface area contributed by atoms with Crippen molar-refractivity contribution >= 4 is 11.8 Å². The number of benzene rings is 1. The lowest BCUT2D eigenvalue weighted by Crippen LogP contribution is -2.44. The first-order valence-corrected chi connectivity index (χ1v) is 10.5. The highest BCUT2D eigenvalue weighted by molar-refractivity contribution is 5.94. The fourth-order valence-corrected chi connectivity index (χ4v) is 3.41. The van der Waals surface area contributed by atoms with Crippen molar-refractivity contribution in [2.24, 2.45) is 0 Å². The molecule has 1 aromatic carbocycles. The van der Waals surface area contributed by atoms with Crippen LogP contribution in [0.2, 0.25) is 0 Å². The van der Waals surface area contributed by atoms with Crippen LogP contribution in [0.3, 0.4) is 0 Å². The molecule has 7 nitrogen and oxygen atoms in total. The molecule has 0 aliphatic carbocycles. The molecule has 0 unspecified atom stereocenters. The number of rotatable bonds is 12. The monoisotopic (exact) mass is 435 g/mol. The van der Waals surface area contributed by atoms with E-state index >= 15 is 0 Å². The molecule has 3 rings (SSSR count). The Hall–Kier alpha value is -3.58. The molecule has 2 amide bonds. The molecule has 0 saturated heterocycles. The number of hydrogen-bond acceptors (Lipinski definition) is 4. The largest absolute Gasteiger partial charge is 0.459 e. The Kier molecular flexibility index (Phi) is 8.45. The Morgan fingerprint density at radius 1 is 1.09 bits per heavy atom. The molecule has 0 radical (unpaired) electrons. The zero-order chi connectivity index (χ0) is 22.8. The summed E-state index contributed by atoms with van der Waals surface area (Å²) in [5.74, 6) is -0.321. The zero-order valence-corrected chi connectivity index (χ0v) is 18.4. The predicted molar refractivity (Wildman–Crippen MR) is 122 cm³/mol. The lowest BCUT2D eigenvalue weighted by Gasteiger charge is -2.27. The number of furan rings is 1. The quantitative estimate of drug-likeness (QED) is 0.409. The van der Waals surface area contributed by atoms with Crippen molar-refractivity contribution in [3.63, 3.8) is 0 Å². The van der Waals surface area contributed by atoms with E-state index < -0.39 is 0 Å². The fourth-order valence-electron chi connectivity index (χ4n) is 3.41. The van der Waals surface area contributed by atoms with Crippen molar-refractivity contribution in [2.75, 3.05) is 33.4 Å². The Morgan fingerprint density at radius 2 is 1.91 bits per heavy atom. The van der Waals surface area contributed by atoms with Crippen LogP contribution in [0.25, 0.3) is 0 Å². The van der Waals surface area contributed by atoms with Gasteiger partial charge in [0.1, 0.15) is 6.54 Å². The summed E-state index contributed by atoms with van der Waals surface area (Å²) in [6, 6.07) is 17.4. The molecule has 0 aliphatic rings. The van der Waals surface area contributed by atoms with Gasteiger partial charge in [-0.1, -0.05) is 36.4 Å². The maximum atomic E-state index is 13.2. The molecule has 0 saturated carbocycles. The minimum absolute atomic E-state index is 0.0747. The third-order valence-electron chi connectivity index (χ3n) is 5.08. The normalized spacial score (nSPS) is 10.7. The lowest BCUT2D eigenvalue weighted by atomic mass is 10.2. The standard InChI is InChI=1S/C25H29N3O4/c1-3-13-28(25(30)23-12-8-16-32-23)20-24(29)27(15-17-31-2)19-22-11-7-14-26(22)18-21-9-5-4-6-10-21/h3-12,14,16H,1,13,15,17-20H2,2H3. The maximum absolute atomic E-state index is 13.2. The van der Waals surface area contributed by atoms with Crippen LogP contribution < -0.4 is 0 Å². The third-order valence-corrected chi connectivity index (χ3v) is 5.08. The number of amides is 2. The van der Waals surface area contributed by atoms with Crippen molar-refractivity contribution in [1.82, 2.24) is 14.4 Å². The first kappa shape index (κ1) is 23.1. The highest BCUT2D eigenvalue weighted by Crippen LogP contribution is 2.12. The van der Waals surface area contributed by atoms with Gasteiger partial charge in [0.05, 0.1) is 19.4 Å². The van der Waals surface area contributed by atoms with Crippen LogP contribution in [0.15, 0.2) is 84.1 Å². The van der Waals surface area contributed by atoms with Gasteiger partial charge >= 0.3 is 0 Å². The Morgan fingerprint density at radius 3 is 2.59 bits per heavy atom. The van der Waals surface area contributed by atoms with Gasteiger partial charge in [-0.2, -0.15) is 0 Å². The number of aromatic nitrogens is 1. The number of carbonyl (C=O) groups is 2. The van der Waals surface area contributed by atoms with E-state index in [0.29, 0.717) is 19.7 Å². The molecule has 0 fully saturated rings. The van der Waals surface area contributed by atoms with Gasteiger partial charge < -0.3 is 23.5 Å². The van der Waals surface area contributed by atoms with Crippen molar-refractivity contribution in [2.45, 2.75) is 13.1 Å². The topological polar surface area (TPSA) is 67.9 Å². The van der Waals surface area contributed by atoms with Crippen molar-refractivity contribution in [3.8, 4) is 0 Å². The number of nitrogens with zero attached hydrogens (tertiary/aromatic N) is 3. The number of ether oxygens (including phenoxy) is 1. The summed E-state index contributed by atoms with van der Waals surface area (Å²) < 4.78 is 12.6. The fraction of sp³-hybridized carbons (Fsp3) is 0.280. The van der Waals surface area contributed by atoms with Gasteiger partial charge in [0.2, 0.25) is 5.91 Å². The zero-order valence-electron chi connectivity index (χ0n) is 18.4. The second kappa shape index (κ2) is 11.7. The van der Waals surface area contributed by atoms with Gasteiger partial charge in [-0.15, -0.1) is 6.58 Å². The van der Waals surface area contributed by atoms with Gasteiger partial charge in [0, 0.05) is 38.6 Å². The van der Waals surface area contributed by atoms with E-state index in [2.05, 4.69) is 23.3 Å². The van der Waals surface area contributed by atoms with E-state index in [9.17, 15) is 9.59 Å². The van der Waals surface area contributed by atoms with Crippen molar-refractivity contribution < 1.29 is 18.7 Å². The molecule has 0 aliphatic heterocycles. The second-order valence-corrected chi connectivity index (χ2v) is 7.37. The molecular weight excluding hydrogens is 406 g/mol. The highest BCUT2D eigenvalue weighted by atomic mass is 16.5. The van der Waals surface area contributed by atoms with Crippen LogP contribution in [-0.2, 0) is 22.6 Å². The predicted octanol–water partition coefficient (Wildman–Crippen LogP) is 3.43. The summed E-state index contributed by atoms with van der Waals surface area (Å²) in [7, 11) is 1.60. The van der Waals surface area contributed by atoms with Crippen LogP contribution in [0.4, 0.5) is 0 Å². The molecule has 168 valence electrons. The molecule has 2 heterocycles. The number of methoxy groups -OCH3 is 1. The average Bonchev–Trinajstić information content (AvgIpc) is 3.49. The van der Waals surface area contributed by atoms with Gasteiger partial charge in [0.25, 0.3) is 5.91 Å². The van der Waals surface area contributed by atoms with Crippen molar-refractivity contribution in [1.29, 1.82) is 0 Å². The second-order valence-electron chi connectivity index (χ2n) is 7.37. The molecule has 3 aromatic rings. The van der Waals surface area contributed by atoms with E-state index in [1.807, 2.05) is 36.5 Å². The van der Waals surface area contributed by atoms with Gasteiger partial charge in [-0.05, 0) is 29.8 Å². The van der Waals surface area contributed by atoms with Gasteiger partial charge in [0.15, 0.2) is 5.76 Å². The minimum atomic E-state index is -0.345. The average molecular weight is 436 g/mol. The van der Waals surface area contributed by atoms with Crippen LogP contribution in [0, 0.1) is 0 Å². The first-order chi connectivity index (χ1) is 15.6. The Bertz CT molecular complexity index is 995. The van der Waals surface area contributed by atoms with Crippen LogP contribution in [0.5, 0.6) is 0 Å². The maximum Gasteiger partial charge on any atom is 0.290 e. The van der Waals surface area contributed by atoms with E-state index in [0.717, 1.165) is 12.2 Å². The van der Waals surface area contributed by atoms with E-state index in [4.69, 9.17) is 9.15 Å². The summed E-state index contributed by atoms with van der Waals surface area (Å²) in [4.78, 5) is 29.1. The molecule has 2 aromatic heterocycles. The summed E-state index contributed by atoms with van der Waals surface area (Å²) in [5.41, 5.74) is 2.19. The number of carbonyl (C=O) groups excluding carboxylic acids is 2. The molecule has 0 bridgehead atoms. The summed E-state index contributed by atoms with van der Waals surface area (Å²) in [6.45, 7) is 5.83. The lowest BCUT2D eigenvalue weighted by molar-refractivity contribution is -0.133. The van der Waals surface area contributed by atoms with Crippen LogP contribution in [0.1, 0.15) is 21.8 Å².